The summed E-state index contributed by atoms with van der Waals surface area (Å²) in [5, 5.41) is 3.51. The third-order valence-electron chi connectivity index (χ3n) is 4.75. The second-order valence-corrected chi connectivity index (χ2v) is 6.52. The van der Waals surface area contributed by atoms with E-state index in [2.05, 4.69) is 17.3 Å². The van der Waals surface area contributed by atoms with Crippen molar-refractivity contribution in [1.82, 2.24) is 0 Å². The highest BCUT2D eigenvalue weighted by Gasteiger charge is 2.29. The van der Waals surface area contributed by atoms with Crippen molar-refractivity contribution in [3.05, 3.63) is 22.7 Å². The number of nitrogens with two attached hydrogens (primary N) is 1. The number of halogens is 1. The largest absolute Gasteiger partial charge is 0.370 e. The standard InChI is InChI=1S/C16H22ClN3O/c1-20(10-6-4-2-3-5-7-10)14-9-13-11(8-12(14)17)15(18)16(21)19-13/h8-10,15H,2-7,18H2,1H3,(H,19,21). The molecule has 5 heteroatoms. The van der Waals surface area contributed by atoms with Crippen molar-refractivity contribution in [2.75, 3.05) is 17.3 Å². The van der Waals surface area contributed by atoms with E-state index in [1.807, 2.05) is 12.1 Å². The Kier molecular flexibility index (Phi) is 4.09. The monoisotopic (exact) mass is 307 g/mol. The lowest BCUT2D eigenvalue weighted by molar-refractivity contribution is -0.116. The van der Waals surface area contributed by atoms with E-state index in [4.69, 9.17) is 17.3 Å². The van der Waals surface area contributed by atoms with Crippen LogP contribution >= 0.6 is 11.6 Å². The number of nitrogens with zero attached hydrogens (tertiary/aromatic N) is 1. The molecular weight excluding hydrogens is 286 g/mol. The summed E-state index contributed by atoms with van der Waals surface area (Å²) in [6, 6.07) is 3.72. The fourth-order valence-corrected chi connectivity index (χ4v) is 3.71. The van der Waals surface area contributed by atoms with Gasteiger partial charge in [0.15, 0.2) is 0 Å². The average molecular weight is 308 g/mol. The van der Waals surface area contributed by atoms with Gasteiger partial charge in [-0.1, -0.05) is 37.3 Å². The summed E-state index contributed by atoms with van der Waals surface area (Å²) in [4.78, 5) is 13.9. The number of benzene rings is 1. The third-order valence-corrected chi connectivity index (χ3v) is 5.05. The number of rotatable bonds is 2. The topological polar surface area (TPSA) is 58.4 Å². The SMILES string of the molecule is CN(c1cc2c(cc1Cl)C(N)C(=O)N2)C1CCCCCC1. The van der Waals surface area contributed by atoms with Gasteiger partial charge in [-0.25, -0.2) is 0 Å². The molecule has 0 aromatic heterocycles. The quantitative estimate of drug-likeness (QED) is 0.823. The van der Waals surface area contributed by atoms with Crippen molar-refractivity contribution >= 4 is 28.9 Å². The zero-order valence-corrected chi connectivity index (χ0v) is 13.1. The van der Waals surface area contributed by atoms with Gasteiger partial charge in [-0.3, -0.25) is 4.79 Å². The minimum Gasteiger partial charge on any atom is -0.370 e. The Labute approximate surface area is 130 Å². The molecule has 2 aliphatic rings. The van der Waals surface area contributed by atoms with E-state index >= 15 is 0 Å². The van der Waals surface area contributed by atoms with Gasteiger partial charge in [0.05, 0.1) is 10.7 Å². The van der Waals surface area contributed by atoms with E-state index in [-0.39, 0.29) is 5.91 Å². The summed E-state index contributed by atoms with van der Waals surface area (Å²) >= 11 is 6.44. The molecule has 0 spiro atoms. The molecule has 1 heterocycles. The number of hydrogen-bond acceptors (Lipinski definition) is 3. The number of anilines is 2. The molecule has 1 unspecified atom stereocenters. The summed E-state index contributed by atoms with van der Waals surface area (Å²) < 4.78 is 0. The third kappa shape index (κ3) is 2.74. The van der Waals surface area contributed by atoms with Gasteiger partial charge in [0.2, 0.25) is 5.91 Å². The van der Waals surface area contributed by atoms with Crippen molar-refractivity contribution in [2.45, 2.75) is 50.6 Å². The van der Waals surface area contributed by atoms with Gasteiger partial charge in [0.25, 0.3) is 0 Å². The van der Waals surface area contributed by atoms with Crippen molar-refractivity contribution in [1.29, 1.82) is 0 Å². The van der Waals surface area contributed by atoms with Crippen LogP contribution in [-0.2, 0) is 4.79 Å². The molecule has 0 saturated heterocycles. The Morgan fingerprint density at radius 2 is 1.90 bits per heavy atom. The summed E-state index contributed by atoms with van der Waals surface area (Å²) in [7, 11) is 2.10. The number of nitrogens with one attached hydrogen (secondary N) is 1. The second kappa shape index (κ2) is 5.85. The molecule has 1 aromatic carbocycles. The van der Waals surface area contributed by atoms with Crippen LogP contribution < -0.4 is 16.0 Å². The lowest BCUT2D eigenvalue weighted by Crippen LogP contribution is -2.31. The average Bonchev–Trinajstić information content (AvgIpc) is 2.68. The minimum atomic E-state index is -0.602. The Hall–Kier alpha value is -1.26. The molecule has 4 nitrogen and oxygen atoms in total. The van der Waals surface area contributed by atoms with E-state index in [9.17, 15) is 4.79 Å². The van der Waals surface area contributed by atoms with Crippen LogP contribution in [0.2, 0.25) is 5.02 Å². The lowest BCUT2D eigenvalue weighted by atomic mass is 10.0. The Morgan fingerprint density at radius 3 is 2.57 bits per heavy atom. The molecule has 1 amide bonds. The van der Waals surface area contributed by atoms with Gasteiger partial charge in [0, 0.05) is 24.3 Å². The first-order chi connectivity index (χ1) is 10.1. The Bertz CT molecular complexity index is 553. The Balaban J connectivity index is 1.88. The predicted molar refractivity (Wildman–Crippen MR) is 86.9 cm³/mol. The highest BCUT2D eigenvalue weighted by atomic mass is 35.5. The van der Waals surface area contributed by atoms with E-state index in [1.165, 1.54) is 38.5 Å². The van der Waals surface area contributed by atoms with Gasteiger partial charge < -0.3 is 16.0 Å². The van der Waals surface area contributed by atoms with E-state index in [0.29, 0.717) is 11.1 Å². The molecule has 0 radical (unpaired) electrons. The Morgan fingerprint density at radius 1 is 1.24 bits per heavy atom. The molecule has 3 rings (SSSR count). The summed E-state index contributed by atoms with van der Waals surface area (Å²) in [5.41, 5.74) is 8.44. The maximum Gasteiger partial charge on any atom is 0.245 e. The lowest BCUT2D eigenvalue weighted by Gasteiger charge is -2.30. The maximum atomic E-state index is 11.7. The number of carbonyl (C=O) groups is 1. The molecule has 1 atom stereocenters. The van der Waals surface area contributed by atoms with Gasteiger partial charge >= 0.3 is 0 Å². The van der Waals surface area contributed by atoms with Crippen LogP contribution in [0.15, 0.2) is 12.1 Å². The highest BCUT2D eigenvalue weighted by molar-refractivity contribution is 6.33. The fourth-order valence-electron chi connectivity index (χ4n) is 3.41. The molecule has 0 bridgehead atoms. The van der Waals surface area contributed by atoms with Crippen LogP contribution in [0, 0.1) is 0 Å². The van der Waals surface area contributed by atoms with Gasteiger partial charge in [0.1, 0.15) is 6.04 Å². The van der Waals surface area contributed by atoms with Crippen LogP contribution in [0.5, 0.6) is 0 Å². The van der Waals surface area contributed by atoms with Gasteiger partial charge in [-0.15, -0.1) is 0 Å². The van der Waals surface area contributed by atoms with Crippen molar-refractivity contribution < 1.29 is 4.79 Å². The summed E-state index contributed by atoms with van der Waals surface area (Å²) in [6.07, 6.45) is 7.62. The van der Waals surface area contributed by atoms with E-state index in [0.717, 1.165) is 16.9 Å². The summed E-state index contributed by atoms with van der Waals surface area (Å²) in [5.74, 6) is -0.157. The smallest absolute Gasteiger partial charge is 0.245 e. The number of amides is 1. The number of carbonyl (C=O) groups excluding carboxylic acids is 1. The summed E-state index contributed by atoms with van der Waals surface area (Å²) in [6.45, 7) is 0. The van der Waals surface area contributed by atoms with E-state index in [1.54, 1.807) is 0 Å². The fraction of sp³-hybridized carbons (Fsp3) is 0.562. The molecule has 3 N–H and O–H groups in total. The van der Waals surface area contributed by atoms with Crippen molar-refractivity contribution in [2.24, 2.45) is 5.73 Å². The van der Waals surface area contributed by atoms with Crippen LogP contribution in [0.1, 0.15) is 50.1 Å². The first-order valence-corrected chi connectivity index (χ1v) is 8.08. The first kappa shape index (κ1) is 14.7. The van der Waals surface area contributed by atoms with E-state index < -0.39 is 6.04 Å². The van der Waals surface area contributed by atoms with Gasteiger partial charge in [-0.2, -0.15) is 0 Å². The van der Waals surface area contributed by atoms with Crippen LogP contribution in [0.4, 0.5) is 11.4 Å². The van der Waals surface area contributed by atoms with Crippen molar-refractivity contribution in [3.8, 4) is 0 Å². The normalized spacial score (nSPS) is 22.6. The number of hydrogen-bond donors (Lipinski definition) is 2. The van der Waals surface area contributed by atoms with Crippen LogP contribution in [0.25, 0.3) is 0 Å². The first-order valence-electron chi connectivity index (χ1n) is 7.70. The molecular formula is C16H22ClN3O. The molecule has 21 heavy (non-hydrogen) atoms. The zero-order valence-electron chi connectivity index (χ0n) is 12.4. The molecule has 1 aliphatic heterocycles. The predicted octanol–water partition coefficient (Wildman–Crippen LogP) is 3.45. The van der Waals surface area contributed by atoms with Gasteiger partial charge in [-0.05, 0) is 25.0 Å². The second-order valence-electron chi connectivity index (χ2n) is 6.11. The zero-order chi connectivity index (χ0) is 15.0. The molecule has 1 aromatic rings. The molecule has 1 fully saturated rings. The van der Waals surface area contributed by atoms with Crippen LogP contribution in [-0.4, -0.2) is 19.0 Å². The van der Waals surface area contributed by atoms with Crippen LogP contribution in [0.3, 0.4) is 0 Å². The van der Waals surface area contributed by atoms with Crippen molar-refractivity contribution in [3.63, 3.8) is 0 Å². The minimum absolute atomic E-state index is 0.157. The molecule has 1 saturated carbocycles. The highest BCUT2D eigenvalue weighted by Crippen LogP contribution is 2.39. The maximum absolute atomic E-state index is 11.7. The molecule has 114 valence electrons. The number of fused-ring (bicyclic) bond motifs is 1. The molecule has 1 aliphatic carbocycles.